The lowest BCUT2D eigenvalue weighted by Gasteiger charge is -2.33. The molecule has 1 atom stereocenters. The molecule has 1 saturated heterocycles. The Morgan fingerprint density at radius 3 is 2.64 bits per heavy atom. The first kappa shape index (κ1) is 21.3. The van der Waals surface area contributed by atoms with E-state index in [-0.39, 0.29) is 12.0 Å². The molecule has 4 heterocycles. The normalized spacial score (nSPS) is 18.7. The quantitative estimate of drug-likeness (QED) is 0.564. The number of hydrogen-bond acceptors (Lipinski definition) is 7. The van der Waals surface area contributed by atoms with Gasteiger partial charge in [-0.25, -0.2) is 0 Å². The van der Waals surface area contributed by atoms with Gasteiger partial charge in [-0.2, -0.15) is 5.10 Å². The third-order valence-corrected chi connectivity index (χ3v) is 6.18. The van der Waals surface area contributed by atoms with E-state index in [0.717, 1.165) is 46.6 Å². The van der Waals surface area contributed by atoms with E-state index in [2.05, 4.69) is 25.6 Å². The Kier molecular flexibility index (Phi) is 5.41. The van der Waals surface area contributed by atoms with E-state index in [1.165, 1.54) is 6.26 Å². The molecule has 2 aromatic heterocycles. The van der Waals surface area contributed by atoms with Crippen molar-refractivity contribution in [1.29, 1.82) is 0 Å². The largest absolute Gasteiger partial charge is 0.472 e. The van der Waals surface area contributed by atoms with Crippen molar-refractivity contribution in [2.45, 2.75) is 39.0 Å². The molecule has 9 heteroatoms. The van der Waals surface area contributed by atoms with E-state index < -0.39 is 6.23 Å². The number of ether oxygens (including phenoxy) is 1. The lowest BCUT2D eigenvalue weighted by molar-refractivity contribution is -0.113. The topological polar surface area (TPSA) is 105 Å². The van der Waals surface area contributed by atoms with Crippen molar-refractivity contribution in [3.05, 3.63) is 59.4 Å². The molecular formula is C24H28N6O3. The van der Waals surface area contributed by atoms with Crippen molar-refractivity contribution >= 4 is 28.2 Å². The van der Waals surface area contributed by atoms with Crippen molar-refractivity contribution in [3.8, 4) is 0 Å². The van der Waals surface area contributed by atoms with E-state index in [9.17, 15) is 9.90 Å². The van der Waals surface area contributed by atoms with Crippen LogP contribution in [0.3, 0.4) is 0 Å². The van der Waals surface area contributed by atoms with Crippen molar-refractivity contribution in [3.63, 3.8) is 0 Å². The summed E-state index contributed by atoms with van der Waals surface area (Å²) in [5.41, 5.74) is 5.69. The number of fused-ring (bicyclic) bond motifs is 1. The second kappa shape index (κ2) is 8.40. The molecular weight excluding hydrogens is 420 g/mol. The van der Waals surface area contributed by atoms with Gasteiger partial charge in [0, 0.05) is 42.5 Å². The summed E-state index contributed by atoms with van der Waals surface area (Å²) in [6.07, 6.45) is 3.94. The zero-order valence-electron chi connectivity index (χ0n) is 19.0. The monoisotopic (exact) mass is 448 g/mol. The van der Waals surface area contributed by atoms with Gasteiger partial charge in [0.05, 0.1) is 29.2 Å². The van der Waals surface area contributed by atoms with E-state index >= 15 is 0 Å². The molecule has 9 nitrogen and oxygen atoms in total. The summed E-state index contributed by atoms with van der Waals surface area (Å²) in [4.78, 5) is 19.7. The molecule has 2 aliphatic heterocycles. The standard InChI is InChI=1S/C24H28N6O3/c1-14-8-16(9-15(2)26-14)24-28-20(13-33-24)23(32)27-19-10-17-12-25-29(3)21(17)11-22(19)30-6-4-18(31)5-7-30/h8-13,18,24,28,31H,4-7H2,1-3H3,(H,27,32). The summed E-state index contributed by atoms with van der Waals surface area (Å²) in [6.45, 7) is 5.31. The van der Waals surface area contributed by atoms with E-state index in [1.54, 1.807) is 6.20 Å². The number of aliphatic hydroxyl groups is 1. The molecule has 0 bridgehead atoms. The fourth-order valence-electron chi connectivity index (χ4n) is 4.49. The van der Waals surface area contributed by atoms with Crippen LogP contribution in [0, 0.1) is 13.8 Å². The zero-order valence-corrected chi connectivity index (χ0v) is 19.0. The third kappa shape index (κ3) is 4.23. The molecule has 0 radical (unpaired) electrons. The SMILES string of the molecule is Cc1cc(C2NC(C(=O)Nc3cc4cnn(C)c4cc3N3CCC(O)CC3)=CO2)cc(C)n1. The fraction of sp³-hybridized carbons (Fsp3) is 0.375. The highest BCUT2D eigenvalue weighted by Crippen LogP contribution is 2.34. The molecule has 0 saturated carbocycles. The van der Waals surface area contributed by atoms with Crippen LogP contribution in [-0.2, 0) is 16.6 Å². The van der Waals surface area contributed by atoms with Crippen molar-refractivity contribution in [2.75, 3.05) is 23.3 Å². The molecule has 0 spiro atoms. The molecule has 3 N–H and O–H groups in total. The van der Waals surface area contributed by atoms with Gasteiger partial charge < -0.3 is 25.4 Å². The number of amides is 1. The number of benzene rings is 1. The van der Waals surface area contributed by atoms with Crippen LogP contribution in [-0.4, -0.2) is 45.0 Å². The van der Waals surface area contributed by atoms with Crippen molar-refractivity contribution in [1.82, 2.24) is 20.1 Å². The number of nitrogens with one attached hydrogen (secondary N) is 2. The predicted octanol–water partition coefficient (Wildman–Crippen LogP) is 2.64. The third-order valence-electron chi connectivity index (χ3n) is 6.18. The lowest BCUT2D eigenvalue weighted by Crippen LogP contribution is -2.36. The van der Waals surface area contributed by atoms with Crippen LogP contribution in [0.1, 0.15) is 36.0 Å². The summed E-state index contributed by atoms with van der Waals surface area (Å²) >= 11 is 0. The van der Waals surface area contributed by atoms with Crippen LogP contribution in [0.5, 0.6) is 0 Å². The first-order valence-corrected chi connectivity index (χ1v) is 11.1. The van der Waals surface area contributed by atoms with E-state index in [0.29, 0.717) is 24.2 Å². The summed E-state index contributed by atoms with van der Waals surface area (Å²) < 4.78 is 7.56. The van der Waals surface area contributed by atoms with Crippen LogP contribution in [0.15, 0.2) is 42.4 Å². The number of carbonyl (C=O) groups is 1. The highest BCUT2D eigenvalue weighted by Gasteiger charge is 2.26. The van der Waals surface area contributed by atoms with Crippen molar-refractivity contribution < 1.29 is 14.6 Å². The highest BCUT2D eigenvalue weighted by atomic mass is 16.5. The van der Waals surface area contributed by atoms with E-state index in [1.807, 2.05) is 49.8 Å². The summed E-state index contributed by atoms with van der Waals surface area (Å²) in [6, 6.07) is 7.88. The highest BCUT2D eigenvalue weighted by molar-refractivity contribution is 6.07. The Hall–Kier alpha value is -3.59. The Labute approximate surface area is 192 Å². The number of aromatic nitrogens is 3. The van der Waals surface area contributed by atoms with Crippen LogP contribution >= 0.6 is 0 Å². The molecule has 1 fully saturated rings. The van der Waals surface area contributed by atoms with E-state index in [4.69, 9.17) is 4.74 Å². The average molecular weight is 449 g/mol. The second-order valence-electron chi connectivity index (χ2n) is 8.74. The Bertz CT molecular complexity index is 1220. The van der Waals surface area contributed by atoms with Gasteiger partial charge in [-0.05, 0) is 51.0 Å². The Balaban J connectivity index is 1.38. The summed E-state index contributed by atoms with van der Waals surface area (Å²) in [5, 5.41) is 21.4. The minimum atomic E-state index is -0.435. The maximum Gasteiger partial charge on any atom is 0.275 e. The number of hydrogen-bond donors (Lipinski definition) is 3. The molecule has 2 aliphatic rings. The number of anilines is 2. The molecule has 5 rings (SSSR count). The fourth-order valence-corrected chi connectivity index (χ4v) is 4.49. The first-order chi connectivity index (χ1) is 15.9. The molecule has 0 aliphatic carbocycles. The first-order valence-electron chi connectivity index (χ1n) is 11.1. The Morgan fingerprint density at radius 2 is 1.91 bits per heavy atom. The van der Waals surface area contributed by atoms with Gasteiger partial charge in [-0.15, -0.1) is 0 Å². The summed E-state index contributed by atoms with van der Waals surface area (Å²) in [7, 11) is 1.90. The second-order valence-corrected chi connectivity index (χ2v) is 8.74. The number of aryl methyl sites for hydroxylation is 3. The number of rotatable bonds is 4. The molecule has 1 unspecified atom stereocenters. The van der Waals surface area contributed by atoms with Gasteiger partial charge >= 0.3 is 0 Å². The molecule has 172 valence electrons. The number of aliphatic hydroxyl groups excluding tert-OH is 1. The molecule has 33 heavy (non-hydrogen) atoms. The van der Waals surface area contributed by atoms with Crippen molar-refractivity contribution in [2.24, 2.45) is 7.05 Å². The maximum atomic E-state index is 13.1. The average Bonchev–Trinajstić information content (AvgIpc) is 3.41. The van der Waals surface area contributed by atoms with Gasteiger partial charge in [0.15, 0.2) is 6.23 Å². The molecule has 1 amide bonds. The van der Waals surface area contributed by atoms with Gasteiger partial charge in [0.25, 0.3) is 5.91 Å². The predicted molar refractivity (Wildman–Crippen MR) is 126 cm³/mol. The minimum Gasteiger partial charge on any atom is -0.472 e. The number of piperidine rings is 1. The van der Waals surface area contributed by atoms with Crippen LogP contribution in [0.4, 0.5) is 11.4 Å². The molecule has 1 aromatic carbocycles. The van der Waals surface area contributed by atoms with Crippen LogP contribution in [0.25, 0.3) is 10.9 Å². The van der Waals surface area contributed by atoms with Crippen LogP contribution in [0.2, 0.25) is 0 Å². The molecule has 3 aromatic rings. The Morgan fingerprint density at radius 1 is 1.18 bits per heavy atom. The summed E-state index contributed by atoms with van der Waals surface area (Å²) in [5.74, 6) is -0.276. The zero-order chi connectivity index (χ0) is 23.1. The smallest absolute Gasteiger partial charge is 0.275 e. The lowest BCUT2D eigenvalue weighted by atomic mass is 10.1. The minimum absolute atomic E-state index is 0.276. The van der Waals surface area contributed by atoms with Gasteiger partial charge in [-0.1, -0.05) is 0 Å². The van der Waals surface area contributed by atoms with Crippen LogP contribution < -0.4 is 15.5 Å². The number of carbonyl (C=O) groups excluding carboxylic acids is 1. The van der Waals surface area contributed by atoms with Gasteiger partial charge in [-0.3, -0.25) is 14.5 Å². The number of pyridine rings is 1. The van der Waals surface area contributed by atoms with Gasteiger partial charge in [0.1, 0.15) is 12.0 Å². The maximum absolute atomic E-state index is 13.1. The number of nitrogens with zero attached hydrogens (tertiary/aromatic N) is 4. The van der Waals surface area contributed by atoms with Gasteiger partial charge in [0.2, 0.25) is 0 Å².